The van der Waals surface area contributed by atoms with Crippen molar-refractivity contribution in [2.24, 2.45) is 5.41 Å². The van der Waals surface area contributed by atoms with E-state index in [2.05, 4.69) is 15.5 Å². The molecule has 0 saturated heterocycles. The smallest absolute Gasteiger partial charge is 0.263 e. The molecule has 3 rings (SSSR count). The summed E-state index contributed by atoms with van der Waals surface area (Å²) in [5, 5.41) is 21.2. The lowest BCUT2D eigenvalue weighted by molar-refractivity contribution is 0.0940. The zero-order valence-electron chi connectivity index (χ0n) is 12.1. The number of aryl methyl sites for hydroxylation is 2. The number of carbonyl (C=O) groups is 1. The van der Waals surface area contributed by atoms with Gasteiger partial charge in [0.05, 0.1) is 18.0 Å². The average Bonchev–Trinajstić information content (AvgIpc) is 3.18. The maximum atomic E-state index is 12.3. The third-order valence-corrected chi connectivity index (χ3v) is 5.35. The average molecular weight is 306 g/mol. The highest BCUT2D eigenvalue weighted by atomic mass is 32.1. The van der Waals surface area contributed by atoms with Gasteiger partial charge < -0.3 is 16.2 Å². The molecule has 1 fully saturated rings. The number of aliphatic hydroxyl groups excluding tert-OH is 1. The third kappa shape index (κ3) is 2.36. The Morgan fingerprint density at radius 3 is 2.76 bits per heavy atom. The Kier molecular flexibility index (Phi) is 3.33. The lowest BCUT2D eigenvalue weighted by Crippen LogP contribution is -2.31. The largest absolute Gasteiger partial charge is 0.397 e. The van der Waals surface area contributed by atoms with Crippen molar-refractivity contribution < 1.29 is 9.90 Å². The van der Waals surface area contributed by atoms with E-state index in [1.165, 1.54) is 11.3 Å². The second-order valence-corrected chi connectivity index (χ2v) is 6.78. The van der Waals surface area contributed by atoms with Crippen LogP contribution in [-0.2, 0) is 0 Å². The van der Waals surface area contributed by atoms with Crippen molar-refractivity contribution in [2.75, 3.05) is 18.9 Å². The van der Waals surface area contributed by atoms with Crippen LogP contribution in [0.1, 0.15) is 33.8 Å². The topological polar surface area (TPSA) is 101 Å². The quantitative estimate of drug-likeness (QED) is 0.792. The molecule has 1 amide bonds. The molecule has 0 radical (unpaired) electrons. The number of nitrogens with one attached hydrogen (secondary N) is 1. The first kappa shape index (κ1) is 14.2. The number of aliphatic hydroxyl groups is 1. The van der Waals surface area contributed by atoms with Crippen molar-refractivity contribution in [3.05, 3.63) is 16.1 Å². The number of amides is 1. The minimum Gasteiger partial charge on any atom is -0.397 e. The van der Waals surface area contributed by atoms with Gasteiger partial charge in [0.1, 0.15) is 9.71 Å². The van der Waals surface area contributed by atoms with Crippen molar-refractivity contribution in [3.8, 4) is 0 Å². The maximum absolute atomic E-state index is 12.3. The Bertz CT molecular complexity index is 721. The number of carbonyl (C=O) groups excluding carboxylic acids is 1. The SMILES string of the molecule is Cc1nnc2sc(C(=O)NCC3(CO)CC3)c(N)c2c1C. The summed E-state index contributed by atoms with van der Waals surface area (Å²) in [5.74, 6) is -0.202. The number of anilines is 1. The van der Waals surface area contributed by atoms with Gasteiger partial charge in [0, 0.05) is 17.3 Å². The number of rotatable bonds is 4. The van der Waals surface area contributed by atoms with Crippen molar-refractivity contribution in [1.29, 1.82) is 0 Å². The number of fused-ring (bicyclic) bond motifs is 1. The summed E-state index contributed by atoms with van der Waals surface area (Å²) in [4.78, 5) is 13.5. The zero-order chi connectivity index (χ0) is 15.2. The highest BCUT2D eigenvalue weighted by molar-refractivity contribution is 7.21. The summed E-state index contributed by atoms with van der Waals surface area (Å²) in [7, 11) is 0. The second kappa shape index (κ2) is 4.92. The maximum Gasteiger partial charge on any atom is 0.263 e. The first-order chi connectivity index (χ1) is 9.97. The van der Waals surface area contributed by atoms with E-state index in [1.807, 2.05) is 13.8 Å². The zero-order valence-corrected chi connectivity index (χ0v) is 12.9. The van der Waals surface area contributed by atoms with Crippen LogP contribution in [0.15, 0.2) is 0 Å². The van der Waals surface area contributed by atoms with Crippen LogP contribution in [0.3, 0.4) is 0 Å². The Morgan fingerprint density at radius 1 is 1.43 bits per heavy atom. The van der Waals surface area contributed by atoms with E-state index >= 15 is 0 Å². The predicted octanol–water partition coefficient (Wildman–Crippen LogP) is 1.39. The van der Waals surface area contributed by atoms with Gasteiger partial charge in [-0.25, -0.2) is 0 Å². The predicted molar refractivity (Wildman–Crippen MR) is 82.4 cm³/mol. The fraction of sp³-hybridized carbons (Fsp3) is 0.500. The summed E-state index contributed by atoms with van der Waals surface area (Å²) in [6, 6.07) is 0. The van der Waals surface area contributed by atoms with E-state index in [4.69, 9.17) is 5.73 Å². The molecule has 112 valence electrons. The number of aromatic nitrogens is 2. The lowest BCUT2D eigenvalue weighted by Gasteiger charge is -2.12. The van der Waals surface area contributed by atoms with E-state index in [-0.39, 0.29) is 17.9 Å². The van der Waals surface area contributed by atoms with Crippen LogP contribution < -0.4 is 11.1 Å². The van der Waals surface area contributed by atoms with Gasteiger partial charge in [-0.3, -0.25) is 4.79 Å². The van der Waals surface area contributed by atoms with Gasteiger partial charge in [0.25, 0.3) is 5.91 Å². The molecular weight excluding hydrogens is 288 g/mol. The number of nitrogens with zero attached hydrogens (tertiary/aromatic N) is 2. The van der Waals surface area contributed by atoms with Crippen molar-refractivity contribution in [3.63, 3.8) is 0 Å². The van der Waals surface area contributed by atoms with Crippen LogP contribution in [0.25, 0.3) is 10.2 Å². The molecule has 2 aromatic rings. The van der Waals surface area contributed by atoms with E-state index in [0.29, 0.717) is 21.9 Å². The lowest BCUT2D eigenvalue weighted by atomic mass is 10.1. The highest BCUT2D eigenvalue weighted by Crippen LogP contribution is 2.44. The monoisotopic (exact) mass is 306 g/mol. The first-order valence-electron chi connectivity index (χ1n) is 6.88. The summed E-state index contributed by atoms with van der Waals surface area (Å²) >= 11 is 1.26. The number of hydrogen-bond acceptors (Lipinski definition) is 6. The summed E-state index contributed by atoms with van der Waals surface area (Å²) in [6.45, 7) is 4.40. The van der Waals surface area contributed by atoms with E-state index in [9.17, 15) is 9.90 Å². The molecule has 4 N–H and O–H groups in total. The summed E-state index contributed by atoms with van der Waals surface area (Å²) in [5.41, 5.74) is 8.26. The van der Waals surface area contributed by atoms with E-state index in [1.54, 1.807) is 0 Å². The number of nitrogens with two attached hydrogens (primary N) is 1. The van der Waals surface area contributed by atoms with Crippen molar-refractivity contribution in [1.82, 2.24) is 15.5 Å². The molecule has 1 aliphatic carbocycles. The Labute approximate surface area is 126 Å². The summed E-state index contributed by atoms with van der Waals surface area (Å²) < 4.78 is 0. The molecule has 0 aliphatic heterocycles. The fourth-order valence-corrected chi connectivity index (χ4v) is 3.34. The number of hydrogen-bond donors (Lipinski definition) is 3. The Hall–Kier alpha value is -1.73. The summed E-state index contributed by atoms with van der Waals surface area (Å²) in [6.07, 6.45) is 1.91. The molecule has 0 aromatic carbocycles. The van der Waals surface area contributed by atoms with Crippen LogP contribution in [0, 0.1) is 19.3 Å². The molecule has 0 atom stereocenters. The molecule has 1 saturated carbocycles. The normalized spacial score (nSPS) is 16.1. The molecule has 6 nitrogen and oxygen atoms in total. The minimum absolute atomic E-state index is 0.110. The van der Waals surface area contributed by atoms with Gasteiger partial charge in [-0.15, -0.1) is 16.4 Å². The van der Waals surface area contributed by atoms with Gasteiger partial charge in [0.15, 0.2) is 0 Å². The van der Waals surface area contributed by atoms with Gasteiger partial charge in [0.2, 0.25) is 0 Å². The number of thiophene rings is 1. The molecule has 21 heavy (non-hydrogen) atoms. The third-order valence-electron chi connectivity index (χ3n) is 4.26. The van der Waals surface area contributed by atoms with Crippen LogP contribution >= 0.6 is 11.3 Å². The Morgan fingerprint density at radius 2 is 2.14 bits per heavy atom. The fourth-order valence-electron chi connectivity index (χ4n) is 2.32. The van der Waals surface area contributed by atoms with Crippen molar-refractivity contribution in [2.45, 2.75) is 26.7 Å². The van der Waals surface area contributed by atoms with Gasteiger partial charge in [-0.05, 0) is 32.3 Å². The molecular formula is C14H18N4O2S. The van der Waals surface area contributed by atoms with Crippen LogP contribution in [0.4, 0.5) is 5.69 Å². The molecule has 0 bridgehead atoms. The molecule has 2 heterocycles. The van der Waals surface area contributed by atoms with Gasteiger partial charge in [-0.2, -0.15) is 5.10 Å². The molecule has 7 heteroatoms. The standard InChI is InChI=1S/C14H18N4O2S/c1-7-8(2)17-18-13-9(7)10(15)11(21-13)12(20)16-5-14(6-19)3-4-14/h19H,3-6,15H2,1-2H3,(H,16,20). The molecule has 1 aliphatic rings. The highest BCUT2D eigenvalue weighted by Gasteiger charge is 2.42. The first-order valence-corrected chi connectivity index (χ1v) is 7.70. The van der Waals surface area contributed by atoms with Crippen molar-refractivity contribution >= 4 is 33.1 Å². The molecule has 0 unspecified atom stereocenters. The van der Waals surface area contributed by atoms with E-state index < -0.39 is 0 Å². The van der Waals surface area contributed by atoms with Crippen LogP contribution in [0.2, 0.25) is 0 Å². The Balaban J connectivity index is 1.88. The second-order valence-electron chi connectivity index (χ2n) is 5.78. The van der Waals surface area contributed by atoms with E-state index in [0.717, 1.165) is 29.5 Å². The van der Waals surface area contributed by atoms with Crippen LogP contribution in [-0.4, -0.2) is 34.4 Å². The minimum atomic E-state index is -0.202. The van der Waals surface area contributed by atoms with Crippen LogP contribution in [0.5, 0.6) is 0 Å². The molecule has 2 aromatic heterocycles. The number of nitrogen functional groups attached to an aromatic ring is 1. The molecule has 0 spiro atoms. The van der Waals surface area contributed by atoms with Gasteiger partial charge in [-0.1, -0.05) is 0 Å². The van der Waals surface area contributed by atoms with Gasteiger partial charge >= 0.3 is 0 Å².